The summed E-state index contributed by atoms with van der Waals surface area (Å²) < 4.78 is 109. The van der Waals surface area contributed by atoms with Crippen molar-refractivity contribution in [2.45, 2.75) is 89.9 Å². The van der Waals surface area contributed by atoms with E-state index in [2.05, 4.69) is 25.5 Å². The third kappa shape index (κ3) is 8.67. The fourth-order valence-electron chi connectivity index (χ4n) is 5.46. The number of ether oxygens (including phenoxy) is 3. The van der Waals surface area contributed by atoms with Crippen LogP contribution in [0.3, 0.4) is 0 Å². The van der Waals surface area contributed by atoms with Crippen molar-refractivity contribution in [1.29, 1.82) is 0 Å². The van der Waals surface area contributed by atoms with E-state index in [1.807, 2.05) is 13.8 Å². The Labute approximate surface area is 298 Å². The summed E-state index contributed by atoms with van der Waals surface area (Å²) in [4.78, 5) is 26.1. The molecule has 0 unspecified atom stereocenters. The summed E-state index contributed by atoms with van der Waals surface area (Å²) in [6.07, 6.45) is -0.416. The molecule has 4 bridgehead atoms. The number of alkyl halides is 1. The normalized spacial score (nSPS) is 41.7. The van der Waals surface area contributed by atoms with Gasteiger partial charge in [0.25, 0.3) is 0 Å². The second-order valence-electron chi connectivity index (χ2n) is 9.15. The Kier molecular flexibility index (Phi) is 10.2. The van der Waals surface area contributed by atoms with Gasteiger partial charge in [-0.3, -0.25) is 9.59 Å². The van der Waals surface area contributed by atoms with E-state index in [1.165, 1.54) is 14.2 Å². The number of methoxy groups -OCH3 is 2. The summed E-state index contributed by atoms with van der Waals surface area (Å²) in [5, 5.41) is -2.25. The number of nitrogens with zero attached hydrogens (tertiary/aromatic N) is 1. The van der Waals surface area contributed by atoms with Crippen molar-refractivity contribution in [3.8, 4) is 0 Å². The van der Waals surface area contributed by atoms with Crippen LogP contribution in [0.1, 0.15) is 101 Å². The molecule has 7 aliphatic carbocycles. The van der Waals surface area contributed by atoms with Crippen molar-refractivity contribution in [3.63, 3.8) is 0 Å². The van der Waals surface area contributed by atoms with Crippen molar-refractivity contribution in [2.75, 3.05) is 32.7 Å². The van der Waals surface area contributed by atoms with Gasteiger partial charge in [-0.1, -0.05) is 22.8 Å². The second kappa shape index (κ2) is 17.6. The fraction of sp³-hybridized carbons (Fsp3) is 0.846. The van der Waals surface area contributed by atoms with Crippen molar-refractivity contribution in [1.82, 2.24) is 0 Å². The third-order valence-electron chi connectivity index (χ3n) is 7.15. The predicted molar refractivity (Wildman–Crippen MR) is 151 cm³/mol. The average Bonchev–Trinajstić information content (AvgIpc) is 3.16. The van der Waals surface area contributed by atoms with Crippen LogP contribution in [-0.2, 0) is 23.8 Å². The molecule has 0 radical (unpaired) electrons. The first-order valence-corrected chi connectivity index (χ1v) is 11.6. The van der Waals surface area contributed by atoms with Crippen LogP contribution >= 0.6 is 15.9 Å². The summed E-state index contributed by atoms with van der Waals surface area (Å²) >= 11 is 2.37. The number of rotatable bonds is 5. The molecule has 0 spiro atoms. The molecular weight excluding hydrogens is 629 g/mol. The van der Waals surface area contributed by atoms with E-state index in [0.29, 0.717) is 19.3 Å². The Balaban J connectivity index is -0.000000189. The number of hydrogen-bond acceptors (Lipinski definition) is 6. The number of nitrogens with two attached hydrogens (primary N) is 1. The molecule has 0 aliphatic heterocycles. The summed E-state index contributed by atoms with van der Waals surface area (Å²) in [6.45, 7) is 6.45. The molecule has 0 heterocycles. The minimum Gasteiger partial charge on any atom is -1.00 e. The smallest absolute Gasteiger partial charge is 1.00 e. The number of esters is 2. The third-order valence-corrected chi connectivity index (χ3v) is 7.15. The molecule has 11 heteroatoms. The minimum absolute atomic E-state index is 0. The molecular formula is C26H46Br2Mg2N2O5. The second-order valence-corrected chi connectivity index (χ2v) is 9.55. The Morgan fingerprint density at radius 3 is 1.70 bits per heavy atom. The molecule has 0 aromatic carbocycles. The first kappa shape index (κ1) is 21.5. The maximum Gasteiger partial charge on any atom is 2.00 e. The molecule has 0 aromatic rings. The standard InChI is InChI=1S/C10H15NO2.C8H9NO2.C4H10O.C2H5Br.C2H5.BrH.2Mg.2H/c1-13-7(12)8-4-9(5-8,6-8)10(11)2-3-10;1-9-8-3-7(4-8,5-8)6(10)11-2;1-3-5-4-2;1-2-3;1-2;;;;;/h2-6,11H2,1H3;3-5H2,2H3;3-4H2,1-2H3;2H2,1H3;1H2,2H3;1H;;;;/q;;;;-1;;2*+2;2*-1/p-1/i2D2,3D2;;;1D3,2D2;1D2,2D3;;;;;. The van der Waals surface area contributed by atoms with Gasteiger partial charge in [0.05, 0.1) is 25.0 Å². The molecule has 7 saturated carbocycles. The number of hydrogen-bond donors (Lipinski definition) is 1. The average molecular weight is 689 g/mol. The fourth-order valence-corrected chi connectivity index (χ4v) is 5.46. The van der Waals surface area contributed by atoms with Crippen molar-refractivity contribution in [2.24, 2.45) is 22.0 Å². The van der Waals surface area contributed by atoms with Gasteiger partial charge >= 0.3 is 58.0 Å². The Morgan fingerprint density at radius 2 is 1.49 bits per heavy atom. The molecule has 7 fully saturated rings. The van der Waals surface area contributed by atoms with E-state index >= 15 is 0 Å². The Bertz CT molecular complexity index is 1170. The number of carbonyl (C=O) groups excluding carboxylic acids is 2. The van der Waals surface area contributed by atoms with Gasteiger partial charge < -0.3 is 51.5 Å². The van der Waals surface area contributed by atoms with E-state index in [1.54, 1.807) is 0 Å². The van der Waals surface area contributed by atoms with Crippen LogP contribution in [0.15, 0.2) is 0 Å². The molecule has 0 amide bonds. The summed E-state index contributed by atoms with van der Waals surface area (Å²) in [7, 11) is 2.75. The topological polar surface area (TPSA) is 92.2 Å². The largest absolute Gasteiger partial charge is 2.00 e. The molecule has 37 heavy (non-hydrogen) atoms. The maximum atomic E-state index is 11.5. The number of carbonyl (C=O) groups is 2. The molecule has 2 N–H and O–H groups in total. The zero-order chi connectivity index (χ0) is 38.2. The van der Waals surface area contributed by atoms with Gasteiger partial charge in [0, 0.05) is 55.6 Å². The monoisotopic (exact) mass is 686 g/mol. The quantitative estimate of drug-likeness (QED) is 0.204. The first-order chi connectivity index (χ1) is 21.4. The Hall–Kier alpha value is 0.842. The zero-order valence-electron chi connectivity index (χ0n) is 37.9. The summed E-state index contributed by atoms with van der Waals surface area (Å²) in [6, 6.07) is 0. The van der Waals surface area contributed by atoms with Gasteiger partial charge in [-0.25, -0.2) is 9.31 Å². The van der Waals surface area contributed by atoms with Crippen LogP contribution in [0.4, 0.5) is 0 Å². The molecule has 7 rings (SSSR count). The predicted octanol–water partition coefficient (Wildman–Crippen LogP) is 1.57. The van der Waals surface area contributed by atoms with Crippen molar-refractivity contribution < 1.29 is 62.8 Å². The van der Waals surface area contributed by atoms with Gasteiger partial charge in [-0.05, 0) is 55.4 Å². The maximum absolute atomic E-state index is 11.5. The Morgan fingerprint density at radius 1 is 1.11 bits per heavy atom. The van der Waals surface area contributed by atoms with Crippen LogP contribution < -0.4 is 22.7 Å². The van der Waals surface area contributed by atoms with Gasteiger partial charge in [0.1, 0.15) is 0 Å². The van der Waals surface area contributed by atoms with E-state index in [-0.39, 0.29) is 88.8 Å². The van der Waals surface area contributed by atoms with Crippen LogP contribution in [0.5, 0.6) is 0 Å². The van der Waals surface area contributed by atoms with E-state index in [4.69, 9.17) is 41.0 Å². The number of halogens is 2. The van der Waals surface area contributed by atoms with E-state index in [0.717, 1.165) is 32.5 Å². The van der Waals surface area contributed by atoms with Gasteiger partial charge in [0.2, 0.25) is 5.54 Å². The molecule has 7 nitrogen and oxygen atoms in total. The van der Waals surface area contributed by atoms with E-state index < -0.39 is 55.0 Å². The van der Waals surface area contributed by atoms with Crippen molar-refractivity contribution >= 4 is 74.0 Å². The van der Waals surface area contributed by atoms with Crippen LogP contribution in [0.25, 0.3) is 4.85 Å². The molecule has 0 aromatic heterocycles. The molecule has 7 aliphatic rings. The van der Waals surface area contributed by atoms with Crippen LogP contribution in [-0.4, -0.2) is 102 Å². The van der Waals surface area contributed by atoms with Crippen LogP contribution in [0.2, 0.25) is 0 Å². The van der Waals surface area contributed by atoms with E-state index in [9.17, 15) is 9.59 Å². The van der Waals surface area contributed by atoms with Gasteiger partial charge in [-0.2, -0.15) is 6.85 Å². The SMILES string of the molecule is CCOCC.[2H]C([2H])([2H])C([2H])([2H])Br.[2H]C1([2H])C([2H])([2H])C1(N)C12CC(C(=O)OC)(C1)C2.[2H][C-]([2H])C([2H])([2H])[2H].[Br-].[C-]#[N+]C12CC(C(=O)OC)(C1)C2.[H-].[H-].[Mg+2].[Mg+2]. The van der Waals surface area contributed by atoms with Crippen LogP contribution in [0, 0.1) is 29.7 Å². The van der Waals surface area contributed by atoms with Gasteiger partial charge in [0.15, 0.2) is 0 Å². The minimum atomic E-state index is -2.56. The molecule has 208 valence electrons. The summed E-state index contributed by atoms with van der Waals surface area (Å²) in [5.41, 5.74) is 3.09. The molecule has 0 atom stereocenters. The zero-order valence-corrected chi connectivity index (χ0v) is 27.9. The summed E-state index contributed by atoms with van der Waals surface area (Å²) in [5.74, 6) is -0.396. The first-order valence-electron chi connectivity index (χ1n) is 17.8. The van der Waals surface area contributed by atoms with Crippen molar-refractivity contribution in [3.05, 3.63) is 18.3 Å². The molecule has 0 saturated heterocycles. The van der Waals surface area contributed by atoms with Gasteiger partial charge in [-0.15, -0.1) is 0 Å².